The van der Waals surface area contributed by atoms with E-state index < -0.39 is 0 Å². The molecule has 308 valence electrons. The van der Waals surface area contributed by atoms with Crippen LogP contribution in [0.25, 0.3) is 0 Å². The third-order valence-corrected chi connectivity index (χ3v) is 18.2. The van der Waals surface area contributed by atoms with Crippen molar-refractivity contribution in [2.24, 2.45) is 43.8 Å². The van der Waals surface area contributed by atoms with E-state index >= 15 is 0 Å². The van der Waals surface area contributed by atoms with E-state index in [4.69, 9.17) is 0 Å². The van der Waals surface area contributed by atoms with Crippen LogP contribution in [0.2, 0.25) is 0 Å². The summed E-state index contributed by atoms with van der Waals surface area (Å²) in [6.45, 7) is 24.8. The number of hydrogen-bond acceptors (Lipinski definition) is 0. The van der Waals surface area contributed by atoms with Crippen molar-refractivity contribution in [2.75, 3.05) is 0 Å². The summed E-state index contributed by atoms with van der Waals surface area (Å²) in [4.78, 5) is 0. The van der Waals surface area contributed by atoms with Crippen LogP contribution in [-0.4, -0.2) is 3.21 Å². The molecule has 3 heteroatoms. The second-order valence-electron chi connectivity index (χ2n) is 18.7. The molecular weight excluding hydrogens is 823 g/mol. The normalized spacial score (nSPS) is 35.1. The Bertz CT molecular complexity index is 1940. The Morgan fingerprint density at radius 1 is 0.655 bits per heavy atom. The van der Waals surface area contributed by atoms with Crippen LogP contribution in [0.15, 0.2) is 139 Å². The minimum Gasteiger partial charge on any atom is -1.00 e. The van der Waals surface area contributed by atoms with E-state index in [1.165, 1.54) is 93.8 Å². The summed E-state index contributed by atoms with van der Waals surface area (Å²) in [7, 11) is 0. The zero-order valence-corrected chi connectivity index (χ0v) is 41.0. The molecule has 2 aromatic carbocycles. The standard InChI is InChI=1S/C29H37.C21H26.C5H5.2ClH.Zr/c1-21-14-13-15-22-20-27(6)25(4)18-10-9-16-23(25,2)24(3)17-11-12-19-26(24,5)29(27,8)28(21,22)7;1-3-5-7-18-9-13-20(14-10-18)17-21-15-11-19(12-16-21)8-6-4-2;1-2-4-5-3-1;;;/h9-20,22H,1-8H3;9-16H,3-8H2,1-2H3;1-3H,4H2;2*1H;/q-1;;-1;;;+2/p-2. The fourth-order valence-corrected chi connectivity index (χ4v) is 13.0. The van der Waals surface area contributed by atoms with Gasteiger partial charge in [0.05, 0.1) is 0 Å². The van der Waals surface area contributed by atoms with Gasteiger partial charge in [-0.3, -0.25) is 6.08 Å². The summed E-state index contributed by atoms with van der Waals surface area (Å²) < 4.78 is 1.45. The third-order valence-electron chi connectivity index (χ3n) is 16.7. The first-order valence-corrected chi connectivity index (χ1v) is 22.8. The van der Waals surface area contributed by atoms with E-state index in [1.54, 1.807) is 0 Å². The van der Waals surface area contributed by atoms with Gasteiger partial charge in [-0.15, -0.1) is 23.8 Å². The molecule has 0 N–H and O–H groups in total. The maximum absolute atomic E-state index is 2.99. The van der Waals surface area contributed by atoms with Gasteiger partial charge in [0, 0.05) is 10.8 Å². The summed E-state index contributed by atoms with van der Waals surface area (Å²) in [5, 5.41) is 0. The summed E-state index contributed by atoms with van der Waals surface area (Å²) in [6, 6.07) is 18.4. The zero-order chi connectivity index (χ0) is 40.5. The molecule has 0 bridgehead atoms. The first kappa shape index (κ1) is 48.4. The molecule has 0 nitrogen and oxygen atoms in total. The topological polar surface area (TPSA) is 0 Å². The van der Waals surface area contributed by atoms with E-state index in [1.807, 2.05) is 12.2 Å². The molecule has 0 aliphatic heterocycles. The molecule has 0 radical (unpaired) electrons. The van der Waals surface area contributed by atoms with E-state index in [2.05, 4.69) is 203 Å². The predicted octanol–water partition coefficient (Wildman–Crippen LogP) is 8.45. The second-order valence-corrected chi connectivity index (χ2v) is 19.9. The van der Waals surface area contributed by atoms with Gasteiger partial charge < -0.3 is 31.2 Å². The van der Waals surface area contributed by atoms with Crippen LogP contribution < -0.4 is 24.8 Å². The van der Waals surface area contributed by atoms with Crippen LogP contribution in [0.1, 0.15) is 124 Å². The maximum atomic E-state index is 2.99. The van der Waals surface area contributed by atoms with Crippen molar-refractivity contribution >= 4 is 3.21 Å². The fourth-order valence-electron chi connectivity index (χ4n) is 12.2. The Balaban J connectivity index is 0.000000228. The molecule has 2 aromatic rings. The Morgan fingerprint density at radius 3 is 1.55 bits per heavy atom. The van der Waals surface area contributed by atoms with Crippen LogP contribution in [0.3, 0.4) is 0 Å². The number of aryl methyl sites for hydroxylation is 2. The van der Waals surface area contributed by atoms with Gasteiger partial charge in [-0.25, -0.2) is 12.2 Å². The molecule has 58 heavy (non-hydrogen) atoms. The molecule has 8 rings (SSSR count). The van der Waals surface area contributed by atoms with Gasteiger partial charge in [0.25, 0.3) is 0 Å². The molecule has 8 atom stereocenters. The van der Waals surface area contributed by atoms with Crippen LogP contribution in [0.4, 0.5) is 0 Å². The quantitative estimate of drug-likeness (QED) is 0.234. The molecule has 6 aliphatic carbocycles. The van der Waals surface area contributed by atoms with Gasteiger partial charge in [0.2, 0.25) is 0 Å². The Labute approximate surface area is 381 Å². The van der Waals surface area contributed by atoms with Crippen LogP contribution in [-0.2, 0) is 37.1 Å². The van der Waals surface area contributed by atoms with E-state index in [0.717, 1.165) is 6.42 Å². The van der Waals surface area contributed by atoms with Gasteiger partial charge in [-0.05, 0) is 28.6 Å². The molecule has 0 heterocycles. The summed E-state index contributed by atoms with van der Waals surface area (Å²) in [6.07, 6.45) is 46.8. The monoisotopic (exact) mass is 888 g/mol. The minimum atomic E-state index is 0. The molecule has 6 aliphatic rings. The van der Waals surface area contributed by atoms with Crippen molar-refractivity contribution in [1.82, 2.24) is 0 Å². The largest absolute Gasteiger partial charge is 1.00 e. The van der Waals surface area contributed by atoms with Crippen molar-refractivity contribution in [3.8, 4) is 0 Å². The molecular formula is C55H68Cl2Zr-2. The van der Waals surface area contributed by atoms with Gasteiger partial charge in [0.15, 0.2) is 0 Å². The van der Waals surface area contributed by atoms with Crippen molar-refractivity contribution in [2.45, 2.75) is 114 Å². The average molecular weight is 891 g/mol. The Hall–Kier alpha value is -2.31. The minimum absolute atomic E-state index is 0. The van der Waals surface area contributed by atoms with Gasteiger partial charge >= 0.3 is 151 Å². The molecule has 0 saturated heterocycles. The van der Waals surface area contributed by atoms with Crippen molar-refractivity contribution < 1.29 is 49.0 Å². The first-order valence-electron chi connectivity index (χ1n) is 21.6. The van der Waals surface area contributed by atoms with Crippen LogP contribution in [0.5, 0.6) is 0 Å². The second kappa shape index (κ2) is 18.8. The fraction of sp³-hybridized carbons (Fsp3) is 0.455. The molecule has 0 amide bonds. The predicted molar refractivity (Wildman–Crippen MR) is 239 cm³/mol. The third kappa shape index (κ3) is 7.32. The van der Waals surface area contributed by atoms with E-state index in [-0.39, 0.29) is 62.7 Å². The number of fused-ring (bicyclic) bond motifs is 8. The average Bonchev–Trinajstić information content (AvgIpc) is 3.86. The molecule has 2 fully saturated rings. The number of benzene rings is 2. The SMILES string of the molecule is CC1=CC=CC2[CH-]C3(C)C4(C)C=CC=CC4(C)C4(C)C=CC=CC4(C)C3(C)C12C.CCCCc1ccc([C](=[Zr+2])c2ccc(CCCC)cc2)cc1.[C-]1=CC=CC1.[Cl-].[Cl-]. The summed E-state index contributed by atoms with van der Waals surface area (Å²) >= 11 is 1.48. The maximum Gasteiger partial charge on any atom is -0.109 e. The molecule has 8 unspecified atom stereocenters. The molecule has 0 spiro atoms. The number of allylic oxidation sites excluding steroid dienone is 16. The van der Waals surface area contributed by atoms with Crippen LogP contribution in [0, 0.1) is 56.3 Å². The number of rotatable bonds is 8. The zero-order valence-electron chi connectivity index (χ0n) is 37.1. The number of hydrogen-bond donors (Lipinski definition) is 0. The Kier molecular flexibility index (Phi) is 15.6. The van der Waals surface area contributed by atoms with Crippen molar-refractivity contribution in [3.63, 3.8) is 0 Å². The van der Waals surface area contributed by atoms with Gasteiger partial charge in [-0.2, -0.15) is 6.08 Å². The van der Waals surface area contributed by atoms with Crippen molar-refractivity contribution in [1.29, 1.82) is 0 Å². The van der Waals surface area contributed by atoms with Crippen LogP contribution >= 0.6 is 0 Å². The number of halogens is 2. The summed E-state index contributed by atoms with van der Waals surface area (Å²) in [5.74, 6) is 0.460. The summed E-state index contributed by atoms with van der Waals surface area (Å²) in [5.41, 5.74) is 7.41. The van der Waals surface area contributed by atoms with Gasteiger partial charge in [0.1, 0.15) is 0 Å². The number of unbranched alkanes of at least 4 members (excludes halogenated alkanes) is 2. The molecule has 2 saturated carbocycles. The van der Waals surface area contributed by atoms with Gasteiger partial charge in [-0.1, -0.05) is 115 Å². The Morgan fingerprint density at radius 2 is 1.12 bits per heavy atom. The van der Waals surface area contributed by atoms with E-state index in [9.17, 15) is 0 Å². The molecule has 0 aromatic heterocycles. The smallest absolute Gasteiger partial charge is 0.109 e. The van der Waals surface area contributed by atoms with Crippen molar-refractivity contribution in [3.05, 3.63) is 174 Å². The van der Waals surface area contributed by atoms with E-state index in [0.29, 0.717) is 5.92 Å². The first-order chi connectivity index (χ1) is 26.6.